The molecule has 1 saturated heterocycles. The highest BCUT2D eigenvalue weighted by Gasteiger charge is 2.34. The lowest BCUT2D eigenvalue weighted by Gasteiger charge is -2.40. The minimum Gasteiger partial charge on any atom is -0.393 e. The molecule has 0 aliphatic carbocycles. The number of ether oxygens (including phenoxy) is 1. The van der Waals surface area contributed by atoms with Crippen LogP contribution in [0.5, 0.6) is 0 Å². The van der Waals surface area contributed by atoms with Crippen LogP contribution in [0.4, 0.5) is 0 Å². The first-order valence-electron chi connectivity index (χ1n) is 5.53. The van der Waals surface area contributed by atoms with E-state index in [9.17, 15) is 4.79 Å². The van der Waals surface area contributed by atoms with E-state index in [1.807, 2.05) is 6.92 Å². The van der Waals surface area contributed by atoms with Crippen LogP contribution in [0, 0.1) is 5.92 Å². The summed E-state index contributed by atoms with van der Waals surface area (Å²) in [5.41, 5.74) is 5.26. The maximum atomic E-state index is 12.0. The summed E-state index contributed by atoms with van der Waals surface area (Å²) in [7, 11) is 1.69. The van der Waals surface area contributed by atoms with Crippen LogP contribution in [0.3, 0.4) is 0 Å². The molecule has 0 aromatic carbocycles. The smallest absolute Gasteiger partial charge is 0.232 e. The van der Waals surface area contributed by atoms with Crippen molar-refractivity contribution in [3.63, 3.8) is 0 Å². The van der Waals surface area contributed by atoms with E-state index in [1.165, 1.54) is 0 Å². The van der Waals surface area contributed by atoms with Gasteiger partial charge in [0, 0.05) is 20.2 Å². The molecule has 0 radical (unpaired) electrons. The van der Waals surface area contributed by atoms with Crippen molar-refractivity contribution in [2.75, 3.05) is 20.2 Å². The fourth-order valence-corrected chi connectivity index (χ4v) is 2.06. The Labute approximate surface area is 102 Å². The van der Waals surface area contributed by atoms with E-state index >= 15 is 0 Å². The van der Waals surface area contributed by atoms with Crippen molar-refractivity contribution in [2.45, 2.75) is 32.3 Å². The topological polar surface area (TPSA) is 55.6 Å². The van der Waals surface area contributed by atoms with Crippen molar-refractivity contribution in [3.05, 3.63) is 0 Å². The SMILES string of the molecule is COC1(C)CCCN(C(=O)C(C)C(N)=S)C1. The Morgan fingerprint density at radius 3 is 2.75 bits per heavy atom. The van der Waals surface area contributed by atoms with Gasteiger partial charge in [0.25, 0.3) is 0 Å². The maximum absolute atomic E-state index is 12.0. The molecule has 5 heteroatoms. The molecule has 0 saturated carbocycles. The zero-order chi connectivity index (χ0) is 12.3. The Bertz CT molecular complexity index is 296. The van der Waals surface area contributed by atoms with E-state index in [0.717, 1.165) is 19.4 Å². The van der Waals surface area contributed by atoms with Gasteiger partial charge in [-0.15, -0.1) is 0 Å². The Balaban J connectivity index is 2.67. The average Bonchev–Trinajstić information content (AvgIpc) is 2.27. The number of hydrogen-bond acceptors (Lipinski definition) is 3. The normalized spacial score (nSPS) is 27.6. The van der Waals surface area contributed by atoms with Crippen LogP contribution in [0.2, 0.25) is 0 Å². The van der Waals surface area contributed by atoms with Crippen molar-refractivity contribution < 1.29 is 9.53 Å². The van der Waals surface area contributed by atoms with Crippen LogP contribution in [0.15, 0.2) is 0 Å². The first-order chi connectivity index (χ1) is 7.39. The van der Waals surface area contributed by atoms with Gasteiger partial charge in [-0.05, 0) is 26.7 Å². The van der Waals surface area contributed by atoms with E-state index < -0.39 is 0 Å². The summed E-state index contributed by atoms with van der Waals surface area (Å²) in [6.45, 7) is 5.17. The number of piperidine rings is 1. The average molecular weight is 244 g/mol. The second-order valence-electron chi connectivity index (χ2n) is 4.64. The molecule has 1 heterocycles. The maximum Gasteiger partial charge on any atom is 0.232 e. The van der Waals surface area contributed by atoms with E-state index in [2.05, 4.69) is 0 Å². The zero-order valence-corrected chi connectivity index (χ0v) is 11.0. The minimum absolute atomic E-state index is 0.00970. The van der Waals surface area contributed by atoms with Crippen LogP contribution < -0.4 is 5.73 Å². The van der Waals surface area contributed by atoms with Crippen molar-refractivity contribution in [3.8, 4) is 0 Å². The molecule has 1 aliphatic rings. The summed E-state index contributed by atoms with van der Waals surface area (Å²) >= 11 is 4.85. The van der Waals surface area contributed by atoms with Gasteiger partial charge in [-0.25, -0.2) is 0 Å². The predicted molar refractivity (Wildman–Crippen MR) is 67.2 cm³/mol. The lowest BCUT2D eigenvalue weighted by molar-refractivity contribution is -0.140. The van der Waals surface area contributed by atoms with Gasteiger partial charge in [0.05, 0.1) is 16.5 Å². The molecule has 1 fully saturated rings. The molecule has 1 rings (SSSR count). The van der Waals surface area contributed by atoms with Gasteiger partial charge >= 0.3 is 0 Å². The fourth-order valence-electron chi connectivity index (χ4n) is 1.96. The van der Waals surface area contributed by atoms with E-state index in [-0.39, 0.29) is 22.4 Å². The Kier molecular flexibility index (Phi) is 4.27. The monoisotopic (exact) mass is 244 g/mol. The number of nitrogens with zero attached hydrogens (tertiary/aromatic N) is 1. The van der Waals surface area contributed by atoms with Crippen molar-refractivity contribution in [1.82, 2.24) is 4.90 Å². The quantitative estimate of drug-likeness (QED) is 0.751. The highest BCUT2D eigenvalue weighted by atomic mass is 32.1. The van der Waals surface area contributed by atoms with Gasteiger partial charge in [-0.1, -0.05) is 12.2 Å². The molecule has 2 atom stereocenters. The van der Waals surface area contributed by atoms with Gasteiger partial charge < -0.3 is 15.4 Å². The standard InChI is InChI=1S/C11H20N2O2S/c1-8(9(12)16)10(14)13-6-4-5-11(2,7-13)15-3/h8H,4-7H2,1-3H3,(H2,12,16). The van der Waals surface area contributed by atoms with Crippen molar-refractivity contribution in [2.24, 2.45) is 11.7 Å². The molecule has 4 nitrogen and oxygen atoms in total. The molecular formula is C11H20N2O2S. The van der Waals surface area contributed by atoms with E-state index in [0.29, 0.717) is 6.54 Å². The summed E-state index contributed by atoms with van der Waals surface area (Å²) in [5.74, 6) is -0.371. The first kappa shape index (κ1) is 13.4. The van der Waals surface area contributed by atoms with E-state index in [1.54, 1.807) is 18.9 Å². The lowest BCUT2D eigenvalue weighted by atomic mass is 9.94. The molecule has 0 aromatic heterocycles. The number of rotatable bonds is 3. The second-order valence-corrected chi connectivity index (χ2v) is 5.11. The number of carbonyl (C=O) groups excluding carboxylic acids is 1. The van der Waals surface area contributed by atoms with E-state index in [4.69, 9.17) is 22.7 Å². The summed E-state index contributed by atoms with van der Waals surface area (Å²) in [4.78, 5) is 14.1. The molecular weight excluding hydrogens is 224 g/mol. The number of amides is 1. The lowest BCUT2D eigenvalue weighted by Crippen LogP contribution is -2.52. The van der Waals surface area contributed by atoms with Crippen LogP contribution in [0.25, 0.3) is 0 Å². The molecule has 16 heavy (non-hydrogen) atoms. The highest BCUT2D eigenvalue weighted by molar-refractivity contribution is 7.80. The Hall–Kier alpha value is -0.680. The summed E-state index contributed by atoms with van der Waals surface area (Å²) in [5, 5.41) is 0. The van der Waals surface area contributed by atoms with Crippen LogP contribution in [0.1, 0.15) is 26.7 Å². The molecule has 0 aromatic rings. The number of thiocarbonyl (C=S) groups is 1. The van der Waals surface area contributed by atoms with Crippen LogP contribution >= 0.6 is 12.2 Å². The van der Waals surface area contributed by atoms with Crippen LogP contribution in [-0.4, -0.2) is 41.6 Å². The number of methoxy groups -OCH3 is 1. The third kappa shape index (κ3) is 2.92. The largest absolute Gasteiger partial charge is 0.393 e. The molecule has 0 spiro atoms. The van der Waals surface area contributed by atoms with Gasteiger partial charge in [0.1, 0.15) is 0 Å². The Morgan fingerprint density at radius 1 is 1.62 bits per heavy atom. The third-order valence-corrected chi connectivity index (χ3v) is 3.61. The molecule has 0 bridgehead atoms. The first-order valence-corrected chi connectivity index (χ1v) is 5.94. The Morgan fingerprint density at radius 2 is 2.25 bits per heavy atom. The number of carbonyl (C=O) groups is 1. The fraction of sp³-hybridized carbons (Fsp3) is 0.818. The summed E-state index contributed by atoms with van der Waals surface area (Å²) < 4.78 is 5.44. The number of nitrogens with two attached hydrogens (primary N) is 1. The second kappa shape index (κ2) is 5.10. The summed E-state index contributed by atoms with van der Waals surface area (Å²) in [6, 6.07) is 0. The molecule has 1 amide bonds. The van der Waals surface area contributed by atoms with Crippen molar-refractivity contribution >= 4 is 23.1 Å². The number of hydrogen-bond donors (Lipinski definition) is 1. The molecule has 92 valence electrons. The predicted octanol–water partition coefficient (Wildman–Crippen LogP) is 0.936. The van der Waals surface area contributed by atoms with Crippen LogP contribution in [-0.2, 0) is 9.53 Å². The molecule has 1 aliphatic heterocycles. The minimum atomic E-state index is -0.380. The summed E-state index contributed by atoms with van der Waals surface area (Å²) in [6.07, 6.45) is 1.94. The zero-order valence-electron chi connectivity index (χ0n) is 10.2. The highest BCUT2D eigenvalue weighted by Crippen LogP contribution is 2.24. The molecule has 2 unspecified atom stereocenters. The van der Waals surface area contributed by atoms with Gasteiger partial charge in [0.15, 0.2) is 0 Å². The van der Waals surface area contributed by atoms with Gasteiger partial charge in [-0.2, -0.15) is 0 Å². The third-order valence-electron chi connectivity index (χ3n) is 3.26. The van der Waals surface area contributed by atoms with Gasteiger partial charge in [-0.3, -0.25) is 4.79 Å². The van der Waals surface area contributed by atoms with Gasteiger partial charge in [0.2, 0.25) is 5.91 Å². The number of likely N-dealkylation sites (tertiary alicyclic amines) is 1. The van der Waals surface area contributed by atoms with Crippen molar-refractivity contribution in [1.29, 1.82) is 0 Å². The molecule has 2 N–H and O–H groups in total.